The number of nitrogen functional groups attached to an aromatic ring is 2. The van der Waals surface area contributed by atoms with Crippen molar-refractivity contribution in [2.24, 2.45) is 0 Å². The molecule has 0 saturated heterocycles. The molecule has 6 nitrogen and oxygen atoms in total. The second kappa shape index (κ2) is 5.24. The highest BCUT2D eigenvalue weighted by Crippen LogP contribution is 2.21. The second-order valence-corrected chi connectivity index (χ2v) is 4.67. The van der Waals surface area contributed by atoms with E-state index in [1.807, 2.05) is 43.5 Å². The first-order valence-corrected chi connectivity index (χ1v) is 6.71. The molecule has 3 aromatic rings. The van der Waals surface area contributed by atoms with Crippen molar-refractivity contribution in [3.63, 3.8) is 0 Å². The Morgan fingerprint density at radius 3 is 2.29 bits per heavy atom. The quantitative estimate of drug-likeness (QED) is 0.765. The summed E-state index contributed by atoms with van der Waals surface area (Å²) in [5, 5.41) is 4.28. The highest BCUT2D eigenvalue weighted by Gasteiger charge is 2.11. The van der Waals surface area contributed by atoms with Crippen LogP contribution in [-0.4, -0.2) is 19.7 Å². The van der Waals surface area contributed by atoms with Gasteiger partial charge in [0.25, 0.3) is 5.95 Å². The summed E-state index contributed by atoms with van der Waals surface area (Å²) in [5.41, 5.74) is 14.7. The average molecular weight is 280 g/mol. The van der Waals surface area contributed by atoms with E-state index in [2.05, 4.69) is 15.1 Å². The molecule has 2 aromatic heterocycles. The molecule has 3 rings (SSSR count). The summed E-state index contributed by atoms with van der Waals surface area (Å²) < 4.78 is 1.58. The topological polar surface area (TPSA) is 95.6 Å². The van der Waals surface area contributed by atoms with Crippen LogP contribution in [0.5, 0.6) is 0 Å². The fourth-order valence-corrected chi connectivity index (χ4v) is 2.18. The number of benzene rings is 1. The van der Waals surface area contributed by atoms with Crippen LogP contribution in [-0.2, 0) is 6.42 Å². The van der Waals surface area contributed by atoms with Gasteiger partial charge < -0.3 is 11.5 Å². The van der Waals surface area contributed by atoms with Gasteiger partial charge in [-0.05, 0) is 12.0 Å². The fraction of sp³-hybridized carbons (Fsp3) is 0.133. The molecule has 0 spiro atoms. The fourth-order valence-electron chi connectivity index (χ4n) is 2.18. The van der Waals surface area contributed by atoms with Crippen molar-refractivity contribution in [3.05, 3.63) is 48.3 Å². The van der Waals surface area contributed by atoms with Gasteiger partial charge in [0.15, 0.2) is 0 Å². The average Bonchev–Trinajstić information content (AvgIpc) is 2.97. The smallest absolute Gasteiger partial charge is 0.254 e. The number of rotatable bonds is 3. The largest absolute Gasteiger partial charge is 0.383 e. The van der Waals surface area contributed by atoms with Gasteiger partial charge in [-0.25, -0.2) is 4.68 Å². The Bertz CT molecular complexity index is 740. The molecule has 2 heterocycles. The van der Waals surface area contributed by atoms with Crippen LogP contribution in [0.1, 0.15) is 12.5 Å². The molecule has 0 radical (unpaired) electrons. The molecule has 0 aliphatic heterocycles. The molecular formula is C15H16N6. The second-order valence-electron chi connectivity index (χ2n) is 4.67. The Balaban J connectivity index is 2.01. The van der Waals surface area contributed by atoms with Crippen molar-refractivity contribution in [1.29, 1.82) is 0 Å². The van der Waals surface area contributed by atoms with Crippen LogP contribution in [0.25, 0.3) is 17.1 Å². The van der Waals surface area contributed by atoms with E-state index in [-0.39, 0.29) is 0 Å². The highest BCUT2D eigenvalue weighted by atomic mass is 15.3. The van der Waals surface area contributed by atoms with Gasteiger partial charge in [0.1, 0.15) is 11.6 Å². The van der Waals surface area contributed by atoms with Crippen molar-refractivity contribution in [1.82, 2.24) is 19.7 Å². The van der Waals surface area contributed by atoms with Gasteiger partial charge in [-0.3, -0.25) is 0 Å². The van der Waals surface area contributed by atoms with E-state index < -0.39 is 0 Å². The number of aromatic nitrogens is 4. The van der Waals surface area contributed by atoms with Crippen LogP contribution < -0.4 is 11.5 Å². The Labute approximate surface area is 122 Å². The molecule has 0 saturated carbocycles. The van der Waals surface area contributed by atoms with E-state index >= 15 is 0 Å². The van der Waals surface area contributed by atoms with Gasteiger partial charge in [-0.1, -0.05) is 37.3 Å². The lowest BCUT2D eigenvalue weighted by Crippen LogP contribution is -2.10. The molecule has 0 aliphatic rings. The van der Waals surface area contributed by atoms with Gasteiger partial charge in [0.2, 0.25) is 0 Å². The Hall–Kier alpha value is -2.89. The van der Waals surface area contributed by atoms with Gasteiger partial charge >= 0.3 is 0 Å². The van der Waals surface area contributed by atoms with E-state index in [0.717, 1.165) is 16.7 Å². The normalized spacial score (nSPS) is 10.7. The molecule has 4 N–H and O–H groups in total. The summed E-state index contributed by atoms with van der Waals surface area (Å²) in [5.74, 6) is 1.18. The van der Waals surface area contributed by atoms with Crippen molar-refractivity contribution in [2.75, 3.05) is 11.5 Å². The Morgan fingerprint density at radius 2 is 1.67 bits per heavy atom. The van der Waals surface area contributed by atoms with Gasteiger partial charge in [0.05, 0.1) is 6.20 Å². The van der Waals surface area contributed by atoms with E-state index in [1.54, 1.807) is 10.9 Å². The summed E-state index contributed by atoms with van der Waals surface area (Å²) in [6.45, 7) is 1.96. The minimum atomic E-state index is 0.379. The summed E-state index contributed by atoms with van der Waals surface area (Å²) in [6.07, 6.45) is 4.32. The summed E-state index contributed by atoms with van der Waals surface area (Å²) in [4.78, 5) is 8.54. The van der Waals surface area contributed by atoms with Crippen LogP contribution >= 0.6 is 0 Å². The number of nitrogens with two attached hydrogens (primary N) is 2. The molecule has 0 aliphatic carbocycles. The molecule has 0 amide bonds. The zero-order valence-electron chi connectivity index (χ0n) is 11.7. The van der Waals surface area contributed by atoms with Crippen molar-refractivity contribution in [3.8, 4) is 17.1 Å². The third-order valence-electron chi connectivity index (χ3n) is 3.31. The van der Waals surface area contributed by atoms with Gasteiger partial charge in [-0.15, -0.1) is 0 Å². The van der Waals surface area contributed by atoms with E-state index in [4.69, 9.17) is 11.5 Å². The third-order valence-corrected chi connectivity index (χ3v) is 3.31. The zero-order chi connectivity index (χ0) is 14.8. The van der Waals surface area contributed by atoms with Gasteiger partial charge in [0, 0.05) is 17.3 Å². The molecule has 0 atom stereocenters. The number of anilines is 2. The minimum Gasteiger partial charge on any atom is -0.383 e. The molecule has 0 fully saturated rings. The van der Waals surface area contributed by atoms with Crippen molar-refractivity contribution < 1.29 is 0 Å². The predicted octanol–water partition coefficient (Wildman–Crippen LogP) is 2.06. The molecule has 106 valence electrons. The lowest BCUT2D eigenvalue weighted by atomic mass is 10.1. The predicted molar refractivity (Wildman–Crippen MR) is 82.8 cm³/mol. The number of hydrogen-bond acceptors (Lipinski definition) is 5. The van der Waals surface area contributed by atoms with E-state index in [9.17, 15) is 0 Å². The number of nitrogens with zero attached hydrogens (tertiary/aromatic N) is 4. The van der Waals surface area contributed by atoms with Crippen LogP contribution in [0, 0.1) is 0 Å². The summed E-state index contributed by atoms with van der Waals surface area (Å²) >= 11 is 0. The first kappa shape index (κ1) is 13.1. The summed E-state index contributed by atoms with van der Waals surface area (Å²) in [7, 11) is 0. The van der Waals surface area contributed by atoms with E-state index in [1.165, 1.54) is 0 Å². The van der Waals surface area contributed by atoms with Crippen LogP contribution in [0.15, 0.2) is 42.7 Å². The molecular weight excluding hydrogens is 264 g/mol. The van der Waals surface area contributed by atoms with Crippen molar-refractivity contribution >= 4 is 11.6 Å². The van der Waals surface area contributed by atoms with Crippen LogP contribution in [0.3, 0.4) is 0 Å². The highest BCUT2D eigenvalue weighted by molar-refractivity contribution is 5.62. The monoisotopic (exact) mass is 280 g/mol. The van der Waals surface area contributed by atoms with Crippen LogP contribution in [0.4, 0.5) is 11.6 Å². The molecule has 1 aromatic carbocycles. The summed E-state index contributed by atoms with van der Waals surface area (Å²) in [6, 6.07) is 9.97. The molecule has 0 bridgehead atoms. The van der Waals surface area contributed by atoms with Gasteiger partial charge in [-0.2, -0.15) is 15.1 Å². The minimum absolute atomic E-state index is 0.379. The maximum Gasteiger partial charge on any atom is 0.254 e. The SMILES string of the molecule is CCc1c(N)nc(-n2cc(-c3ccccc3)cn2)nc1N. The third kappa shape index (κ3) is 2.43. The Morgan fingerprint density at radius 1 is 1.00 bits per heavy atom. The first-order valence-electron chi connectivity index (χ1n) is 6.71. The lowest BCUT2D eigenvalue weighted by molar-refractivity contribution is 0.808. The maximum atomic E-state index is 5.92. The molecule has 6 heteroatoms. The first-order chi connectivity index (χ1) is 10.2. The van der Waals surface area contributed by atoms with Crippen molar-refractivity contribution in [2.45, 2.75) is 13.3 Å². The molecule has 21 heavy (non-hydrogen) atoms. The van der Waals surface area contributed by atoms with Crippen LogP contribution in [0.2, 0.25) is 0 Å². The maximum absolute atomic E-state index is 5.92. The lowest BCUT2D eigenvalue weighted by Gasteiger charge is -2.07. The Kier molecular flexibility index (Phi) is 3.27. The van der Waals surface area contributed by atoms with E-state index in [0.29, 0.717) is 24.0 Å². The zero-order valence-corrected chi connectivity index (χ0v) is 11.7. The molecule has 0 unspecified atom stereocenters. The number of hydrogen-bond donors (Lipinski definition) is 2. The standard InChI is InChI=1S/C15H16N6/c1-2-12-13(16)19-15(20-14(12)17)21-9-11(8-18-21)10-6-4-3-5-7-10/h3-9H,2H2,1H3,(H4,16,17,19,20).